The number of aryl methyl sites for hydroxylation is 2. The van der Waals surface area contributed by atoms with Crippen LogP contribution < -0.4 is 0 Å². The second-order valence-corrected chi connectivity index (χ2v) is 9.55. The molecule has 0 fully saturated rings. The minimum Gasteiger partial charge on any atom is -0.441 e. The Balaban J connectivity index is 1.74. The molecule has 0 aliphatic carbocycles. The van der Waals surface area contributed by atoms with Gasteiger partial charge in [0.05, 0.1) is 5.69 Å². The molecule has 0 saturated heterocycles. The summed E-state index contributed by atoms with van der Waals surface area (Å²) in [5, 5.41) is 8.20. The molecule has 6 nitrogen and oxygen atoms in total. The predicted octanol–water partition coefficient (Wildman–Crippen LogP) is 5.11. The van der Waals surface area contributed by atoms with Crippen molar-refractivity contribution in [3.63, 3.8) is 0 Å². The Morgan fingerprint density at radius 3 is 2.30 bits per heavy atom. The third-order valence-electron chi connectivity index (χ3n) is 5.31. The summed E-state index contributed by atoms with van der Waals surface area (Å²) < 4.78 is 29.0. The van der Waals surface area contributed by atoms with E-state index in [9.17, 15) is 8.42 Å². The van der Waals surface area contributed by atoms with Crippen LogP contribution in [0.1, 0.15) is 38.1 Å². The van der Waals surface area contributed by atoms with Gasteiger partial charge in [-0.05, 0) is 61.9 Å². The van der Waals surface area contributed by atoms with Crippen molar-refractivity contribution in [3.05, 3.63) is 54.0 Å². The van der Waals surface area contributed by atoms with Crippen LogP contribution in [0.4, 0.5) is 0 Å². The van der Waals surface area contributed by atoms with Crippen LogP contribution in [0.15, 0.2) is 52.0 Å². The zero-order valence-corrected chi connectivity index (χ0v) is 18.6. The molecule has 3 aromatic rings. The van der Waals surface area contributed by atoms with E-state index in [-0.39, 0.29) is 5.03 Å². The van der Waals surface area contributed by atoms with Crippen molar-refractivity contribution in [1.29, 1.82) is 5.41 Å². The van der Waals surface area contributed by atoms with Gasteiger partial charge in [0.2, 0.25) is 5.89 Å². The summed E-state index contributed by atoms with van der Waals surface area (Å²) in [5.41, 5.74) is 4.27. The van der Waals surface area contributed by atoms with E-state index < -0.39 is 9.84 Å². The molecule has 1 aromatic carbocycles. The van der Waals surface area contributed by atoms with Crippen LogP contribution in [0.25, 0.3) is 22.6 Å². The van der Waals surface area contributed by atoms with Crippen molar-refractivity contribution in [1.82, 2.24) is 9.97 Å². The molecule has 30 heavy (non-hydrogen) atoms. The molecule has 2 heterocycles. The molecule has 0 amide bonds. The summed E-state index contributed by atoms with van der Waals surface area (Å²) in [6.07, 6.45) is 5.07. The number of rotatable bonds is 8. The number of nitrogens with one attached hydrogen (secondary N) is 1. The number of nitrogens with zero attached hydrogens (tertiary/aromatic N) is 2. The van der Waals surface area contributed by atoms with Crippen LogP contribution in [0, 0.1) is 18.3 Å². The summed E-state index contributed by atoms with van der Waals surface area (Å²) in [6, 6.07) is 11.0. The highest BCUT2D eigenvalue weighted by molar-refractivity contribution is 7.90. The molecule has 158 valence electrons. The lowest BCUT2D eigenvalue weighted by Crippen LogP contribution is -2.10. The maximum atomic E-state index is 11.6. The fraction of sp³-hybridized carbons (Fsp3) is 0.348. The Labute approximate surface area is 177 Å². The lowest BCUT2D eigenvalue weighted by Gasteiger charge is -2.09. The number of sulfone groups is 1. The molecule has 1 atom stereocenters. The first kappa shape index (κ1) is 21.9. The lowest BCUT2D eigenvalue weighted by atomic mass is 9.98. The SMILES string of the molecule is CC[C@@H](C)C(=N)CCc1nc(-c2ccc(-c3ccc(S(C)(=O)=O)nc3)cc2)oc1C. The predicted molar refractivity (Wildman–Crippen MR) is 119 cm³/mol. The van der Waals surface area contributed by atoms with Gasteiger partial charge in [0.25, 0.3) is 0 Å². The van der Waals surface area contributed by atoms with E-state index in [4.69, 9.17) is 9.83 Å². The maximum Gasteiger partial charge on any atom is 0.226 e. The second kappa shape index (κ2) is 8.92. The summed E-state index contributed by atoms with van der Waals surface area (Å²) in [7, 11) is -3.31. The average Bonchev–Trinajstić information content (AvgIpc) is 3.11. The van der Waals surface area contributed by atoms with Gasteiger partial charge in [-0.3, -0.25) is 0 Å². The van der Waals surface area contributed by atoms with Crippen LogP contribution in [0.5, 0.6) is 0 Å². The molecule has 3 rings (SSSR count). The molecular formula is C23H27N3O3S. The number of hydrogen-bond acceptors (Lipinski definition) is 6. The smallest absolute Gasteiger partial charge is 0.226 e. The molecule has 2 aromatic heterocycles. The van der Waals surface area contributed by atoms with Gasteiger partial charge in [-0.15, -0.1) is 0 Å². The highest BCUT2D eigenvalue weighted by atomic mass is 32.2. The quantitative estimate of drug-likeness (QED) is 0.506. The van der Waals surface area contributed by atoms with Crippen LogP contribution in [-0.2, 0) is 16.3 Å². The maximum absolute atomic E-state index is 11.6. The van der Waals surface area contributed by atoms with E-state index in [0.29, 0.717) is 24.7 Å². The Morgan fingerprint density at radius 1 is 1.10 bits per heavy atom. The number of oxazole rings is 1. The molecule has 0 bridgehead atoms. The minimum atomic E-state index is -3.31. The normalized spacial score (nSPS) is 12.7. The third kappa shape index (κ3) is 5.02. The van der Waals surface area contributed by atoms with Crippen LogP contribution in [-0.4, -0.2) is 30.4 Å². The van der Waals surface area contributed by atoms with E-state index in [2.05, 4.69) is 23.8 Å². The molecule has 1 N–H and O–H groups in total. The van der Waals surface area contributed by atoms with Gasteiger partial charge in [-0.1, -0.05) is 26.0 Å². The Kier molecular flexibility index (Phi) is 6.51. The lowest BCUT2D eigenvalue weighted by molar-refractivity contribution is 0.539. The third-order valence-corrected chi connectivity index (χ3v) is 6.31. The van der Waals surface area contributed by atoms with Crippen LogP contribution in [0.3, 0.4) is 0 Å². The second-order valence-electron chi connectivity index (χ2n) is 7.59. The largest absolute Gasteiger partial charge is 0.441 e. The number of hydrogen-bond donors (Lipinski definition) is 1. The van der Waals surface area contributed by atoms with Crippen molar-refractivity contribution >= 4 is 15.5 Å². The Morgan fingerprint density at radius 2 is 1.73 bits per heavy atom. The van der Waals surface area contributed by atoms with E-state index >= 15 is 0 Å². The van der Waals surface area contributed by atoms with Gasteiger partial charge in [-0.25, -0.2) is 18.4 Å². The monoisotopic (exact) mass is 425 g/mol. The molecule has 0 radical (unpaired) electrons. The molecule has 0 spiro atoms. The fourth-order valence-corrected chi connectivity index (χ4v) is 3.66. The zero-order valence-electron chi connectivity index (χ0n) is 17.8. The van der Waals surface area contributed by atoms with Crippen molar-refractivity contribution in [3.8, 4) is 22.6 Å². The molecule has 0 aliphatic rings. The van der Waals surface area contributed by atoms with Gasteiger partial charge in [0, 0.05) is 29.3 Å². The molecule has 0 aliphatic heterocycles. The fourth-order valence-electron chi connectivity index (χ4n) is 3.10. The summed E-state index contributed by atoms with van der Waals surface area (Å²) in [5.74, 6) is 1.64. The van der Waals surface area contributed by atoms with Crippen molar-refractivity contribution in [2.24, 2.45) is 5.92 Å². The van der Waals surface area contributed by atoms with Gasteiger partial charge >= 0.3 is 0 Å². The molecule has 7 heteroatoms. The Hall–Kier alpha value is -2.80. The average molecular weight is 426 g/mol. The first-order valence-electron chi connectivity index (χ1n) is 9.99. The van der Waals surface area contributed by atoms with Crippen molar-refractivity contribution in [2.75, 3.05) is 6.26 Å². The first-order valence-corrected chi connectivity index (χ1v) is 11.9. The topological polar surface area (TPSA) is 96.9 Å². The van der Waals surface area contributed by atoms with Crippen molar-refractivity contribution < 1.29 is 12.8 Å². The summed E-state index contributed by atoms with van der Waals surface area (Å²) >= 11 is 0. The number of pyridine rings is 1. The minimum absolute atomic E-state index is 0.0621. The zero-order chi connectivity index (χ0) is 21.9. The van der Waals surface area contributed by atoms with Crippen molar-refractivity contribution in [2.45, 2.75) is 45.1 Å². The number of aromatic nitrogens is 2. The molecule has 0 unspecified atom stereocenters. The van der Waals surface area contributed by atoms with Crippen LogP contribution in [0.2, 0.25) is 0 Å². The standard InChI is InChI=1S/C23H27N3O3S/c1-5-15(2)20(24)11-12-21-16(3)29-23(26-21)18-8-6-17(7-9-18)19-10-13-22(25-14-19)30(4,27)28/h6-10,13-15,24H,5,11-12H2,1-4H3/t15-/m1/s1. The first-order chi connectivity index (χ1) is 14.2. The Bertz CT molecular complexity index is 1130. The molecule has 0 saturated carbocycles. The van der Waals surface area contributed by atoms with E-state index in [1.165, 1.54) is 6.07 Å². The van der Waals surface area contributed by atoms with Gasteiger partial charge in [-0.2, -0.15) is 0 Å². The van der Waals surface area contributed by atoms with Crippen LogP contribution >= 0.6 is 0 Å². The van der Waals surface area contributed by atoms with E-state index in [0.717, 1.165) is 46.5 Å². The molecular weight excluding hydrogens is 398 g/mol. The summed E-state index contributed by atoms with van der Waals surface area (Å²) in [4.78, 5) is 8.67. The highest BCUT2D eigenvalue weighted by Crippen LogP contribution is 2.26. The number of benzene rings is 1. The summed E-state index contributed by atoms with van der Waals surface area (Å²) in [6.45, 7) is 6.08. The highest BCUT2D eigenvalue weighted by Gasteiger charge is 2.14. The van der Waals surface area contributed by atoms with Gasteiger partial charge in [0.15, 0.2) is 14.9 Å². The van der Waals surface area contributed by atoms with E-state index in [1.54, 1.807) is 12.3 Å². The van der Waals surface area contributed by atoms with Gasteiger partial charge in [0.1, 0.15) is 5.76 Å². The van der Waals surface area contributed by atoms with E-state index in [1.807, 2.05) is 31.2 Å². The van der Waals surface area contributed by atoms with Gasteiger partial charge < -0.3 is 9.83 Å².